The largest absolute Gasteiger partial charge is 0.488 e. The summed E-state index contributed by atoms with van der Waals surface area (Å²) in [5.74, 6) is -1.03. The van der Waals surface area contributed by atoms with Gasteiger partial charge in [0.05, 0.1) is 22.3 Å². The molecule has 0 fully saturated rings. The second-order valence-electron chi connectivity index (χ2n) is 8.18. The molecule has 0 aliphatic heterocycles. The minimum absolute atomic E-state index is 0.207. The molecular weight excluding hydrogens is 527 g/mol. The summed E-state index contributed by atoms with van der Waals surface area (Å²) >= 11 is 3.46. The Kier molecular flexibility index (Phi) is 9.31. The van der Waals surface area contributed by atoms with Gasteiger partial charge in [-0.2, -0.15) is 10.4 Å². The fourth-order valence-corrected chi connectivity index (χ4v) is 3.74. The summed E-state index contributed by atoms with van der Waals surface area (Å²) in [5, 5.41) is 15.9. The number of hydrogen-bond donors (Lipinski definition) is 2. The molecule has 7 nitrogen and oxygen atoms in total. The zero-order chi connectivity index (χ0) is 26.1. The van der Waals surface area contributed by atoms with E-state index in [1.165, 1.54) is 30.5 Å². The predicted octanol–water partition coefficient (Wildman–Crippen LogP) is 4.94. The Morgan fingerprint density at radius 3 is 2.53 bits per heavy atom. The van der Waals surface area contributed by atoms with E-state index in [9.17, 15) is 19.2 Å². The molecule has 3 aromatic carbocycles. The molecule has 0 aliphatic carbocycles. The number of nitrogens with zero attached hydrogens (tertiary/aromatic N) is 2. The first-order chi connectivity index (χ1) is 17.3. The van der Waals surface area contributed by atoms with Crippen LogP contribution in [-0.2, 0) is 11.4 Å². The number of hydrogen-bond acceptors (Lipinski definition) is 5. The van der Waals surface area contributed by atoms with Crippen LogP contribution < -0.4 is 15.5 Å². The second-order valence-corrected chi connectivity index (χ2v) is 9.04. The van der Waals surface area contributed by atoms with Crippen LogP contribution in [0.4, 0.5) is 4.39 Å². The molecule has 1 atom stereocenters. The molecule has 0 aliphatic rings. The van der Waals surface area contributed by atoms with Crippen LogP contribution in [0.3, 0.4) is 0 Å². The van der Waals surface area contributed by atoms with Crippen molar-refractivity contribution in [2.75, 3.05) is 0 Å². The van der Waals surface area contributed by atoms with Crippen LogP contribution in [0.25, 0.3) is 0 Å². The van der Waals surface area contributed by atoms with Gasteiger partial charge in [-0.1, -0.05) is 32.0 Å². The van der Waals surface area contributed by atoms with Gasteiger partial charge in [0, 0.05) is 11.1 Å². The summed E-state index contributed by atoms with van der Waals surface area (Å²) in [6, 6.07) is 18.9. The quantitative estimate of drug-likeness (QED) is 0.290. The smallest absolute Gasteiger partial charge is 0.262 e. The molecule has 9 heteroatoms. The number of nitriles is 1. The highest BCUT2D eigenvalue weighted by Crippen LogP contribution is 2.26. The van der Waals surface area contributed by atoms with Crippen molar-refractivity contribution >= 4 is 34.0 Å². The molecule has 3 aromatic rings. The topological polar surface area (TPSA) is 104 Å². The monoisotopic (exact) mass is 550 g/mol. The highest BCUT2D eigenvalue weighted by Gasteiger charge is 2.24. The van der Waals surface area contributed by atoms with E-state index >= 15 is 0 Å². The summed E-state index contributed by atoms with van der Waals surface area (Å²) in [6.45, 7) is 3.83. The molecule has 1 unspecified atom stereocenters. The Bertz CT molecular complexity index is 1300. The van der Waals surface area contributed by atoms with Crippen molar-refractivity contribution in [1.29, 1.82) is 5.26 Å². The van der Waals surface area contributed by atoms with Crippen molar-refractivity contribution in [2.24, 2.45) is 11.0 Å². The third kappa shape index (κ3) is 7.23. The van der Waals surface area contributed by atoms with Crippen LogP contribution in [0.2, 0.25) is 0 Å². The molecular formula is C27H24BrFN4O3. The number of carbonyl (C=O) groups is 2. The number of ether oxygens (including phenoxy) is 1. The zero-order valence-corrected chi connectivity index (χ0v) is 21.3. The van der Waals surface area contributed by atoms with E-state index in [2.05, 4.69) is 37.8 Å². The van der Waals surface area contributed by atoms with Gasteiger partial charge in [0.1, 0.15) is 24.2 Å². The molecule has 0 spiro atoms. The maximum absolute atomic E-state index is 13.1. The van der Waals surface area contributed by atoms with E-state index in [1.807, 2.05) is 12.1 Å². The first-order valence-electron chi connectivity index (χ1n) is 11.1. The van der Waals surface area contributed by atoms with E-state index in [0.717, 1.165) is 5.56 Å². The highest BCUT2D eigenvalue weighted by molar-refractivity contribution is 9.10. The molecule has 2 N–H and O–H groups in total. The van der Waals surface area contributed by atoms with E-state index < -0.39 is 23.7 Å². The molecule has 0 radical (unpaired) electrons. The van der Waals surface area contributed by atoms with Crippen molar-refractivity contribution in [3.63, 3.8) is 0 Å². The van der Waals surface area contributed by atoms with Gasteiger partial charge in [0.25, 0.3) is 11.8 Å². The lowest BCUT2D eigenvalue weighted by atomic mass is 10.0. The maximum atomic E-state index is 13.1. The number of amides is 2. The van der Waals surface area contributed by atoms with Gasteiger partial charge in [0.15, 0.2) is 0 Å². The lowest BCUT2D eigenvalue weighted by Crippen LogP contribution is -2.48. The van der Waals surface area contributed by atoms with Gasteiger partial charge in [-0.3, -0.25) is 9.59 Å². The van der Waals surface area contributed by atoms with Gasteiger partial charge >= 0.3 is 0 Å². The predicted molar refractivity (Wildman–Crippen MR) is 138 cm³/mol. The summed E-state index contributed by atoms with van der Waals surface area (Å²) < 4.78 is 19.6. The minimum Gasteiger partial charge on any atom is -0.488 e. The average Bonchev–Trinajstić information content (AvgIpc) is 2.87. The normalized spacial score (nSPS) is 11.7. The number of halogens is 2. The molecule has 0 saturated heterocycles. The summed E-state index contributed by atoms with van der Waals surface area (Å²) in [7, 11) is 0. The Morgan fingerprint density at radius 2 is 1.86 bits per heavy atom. The Morgan fingerprint density at radius 1 is 1.14 bits per heavy atom. The first-order valence-corrected chi connectivity index (χ1v) is 11.9. The van der Waals surface area contributed by atoms with E-state index in [0.29, 0.717) is 21.3 Å². The average molecular weight is 551 g/mol. The third-order valence-corrected chi connectivity index (χ3v) is 5.83. The standard InChI is InChI=1S/C27H24BrFN4O3/c1-17(2)25(32-26(34)19-8-10-22(29)11-9-19)27(35)33-31-15-18-7-12-24(23(28)13-18)36-16-21-6-4-3-5-20(21)14-30/h3-13,15,17,25H,16H2,1-2H3,(H,32,34)(H,33,35). The molecule has 184 valence electrons. The van der Waals surface area contributed by atoms with Gasteiger partial charge < -0.3 is 10.1 Å². The van der Waals surface area contributed by atoms with Gasteiger partial charge in [0.2, 0.25) is 0 Å². The summed E-state index contributed by atoms with van der Waals surface area (Å²) in [6.07, 6.45) is 1.47. The number of hydrazone groups is 1. The van der Waals surface area contributed by atoms with E-state index in [4.69, 9.17) is 4.74 Å². The number of nitrogens with one attached hydrogen (secondary N) is 2. The number of benzene rings is 3. The van der Waals surface area contributed by atoms with Crippen molar-refractivity contribution < 1.29 is 18.7 Å². The molecule has 0 bridgehead atoms. The fourth-order valence-electron chi connectivity index (χ4n) is 3.23. The fraction of sp³-hybridized carbons (Fsp3) is 0.185. The lowest BCUT2D eigenvalue weighted by Gasteiger charge is -2.20. The zero-order valence-electron chi connectivity index (χ0n) is 19.7. The van der Waals surface area contributed by atoms with Crippen LogP contribution in [0.15, 0.2) is 76.3 Å². The molecule has 2 amide bonds. The first kappa shape index (κ1) is 26.6. The molecule has 36 heavy (non-hydrogen) atoms. The van der Waals surface area contributed by atoms with E-state index in [-0.39, 0.29) is 18.1 Å². The number of rotatable bonds is 9. The number of carbonyl (C=O) groups excluding carboxylic acids is 2. The van der Waals surface area contributed by atoms with Crippen LogP contribution in [-0.4, -0.2) is 24.1 Å². The molecule has 0 aromatic heterocycles. The van der Waals surface area contributed by atoms with Crippen LogP contribution in [0, 0.1) is 23.1 Å². The molecule has 0 heterocycles. The van der Waals surface area contributed by atoms with E-state index in [1.54, 1.807) is 44.2 Å². The molecule has 3 rings (SSSR count). The Hall–Kier alpha value is -4.03. The third-order valence-electron chi connectivity index (χ3n) is 5.21. The van der Waals surface area contributed by atoms with Gasteiger partial charge in [-0.15, -0.1) is 0 Å². The molecule has 0 saturated carbocycles. The Balaban J connectivity index is 1.58. The van der Waals surface area contributed by atoms with Crippen molar-refractivity contribution in [3.05, 3.63) is 99.3 Å². The van der Waals surface area contributed by atoms with Crippen LogP contribution >= 0.6 is 15.9 Å². The van der Waals surface area contributed by atoms with Gasteiger partial charge in [-0.05, 0) is 75.9 Å². The minimum atomic E-state index is -0.835. The summed E-state index contributed by atoms with van der Waals surface area (Å²) in [4.78, 5) is 25.1. The van der Waals surface area contributed by atoms with Gasteiger partial charge in [-0.25, -0.2) is 9.82 Å². The van der Waals surface area contributed by atoms with Crippen LogP contribution in [0.1, 0.15) is 40.9 Å². The second kappa shape index (κ2) is 12.6. The van der Waals surface area contributed by atoms with Crippen molar-refractivity contribution in [2.45, 2.75) is 26.5 Å². The maximum Gasteiger partial charge on any atom is 0.262 e. The van der Waals surface area contributed by atoms with Crippen molar-refractivity contribution in [3.8, 4) is 11.8 Å². The summed E-state index contributed by atoms with van der Waals surface area (Å²) in [5.41, 5.74) is 4.74. The van der Waals surface area contributed by atoms with Crippen LogP contribution in [0.5, 0.6) is 5.75 Å². The lowest BCUT2D eigenvalue weighted by molar-refractivity contribution is -0.123. The highest BCUT2D eigenvalue weighted by atomic mass is 79.9. The SMILES string of the molecule is CC(C)C(NC(=O)c1ccc(F)cc1)C(=O)NN=Cc1ccc(OCc2ccccc2C#N)c(Br)c1. The van der Waals surface area contributed by atoms with Crippen molar-refractivity contribution in [1.82, 2.24) is 10.7 Å². The Labute approximate surface area is 217 Å².